The lowest BCUT2D eigenvalue weighted by Gasteiger charge is -2.31. The number of anilines is 1. The van der Waals surface area contributed by atoms with Gasteiger partial charge in [-0.3, -0.25) is 0 Å². The van der Waals surface area contributed by atoms with Crippen LogP contribution in [0.1, 0.15) is 40.5 Å². The van der Waals surface area contributed by atoms with Crippen LogP contribution in [0.3, 0.4) is 0 Å². The summed E-state index contributed by atoms with van der Waals surface area (Å²) in [5, 5.41) is 0. The van der Waals surface area contributed by atoms with Crippen molar-refractivity contribution in [2.24, 2.45) is 5.92 Å². The molecule has 6 heteroatoms. The molecule has 0 atom stereocenters. The number of halogens is 1. The average molecular weight is 316 g/mol. The minimum Gasteiger partial charge on any atom is -0.399 e. The SMILES string of the molecule is CCC(CC)N(CC(C)C)S(=O)(=O)c1cc(N)cc(F)c1. The second-order valence-electron chi connectivity index (χ2n) is 5.66. The Morgan fingerprint density at radius 3 is 2.19 bits per heavy atom. The fraction of sp³-hybridized carbons (Fsp3) is 0.600. The van der Waals surface area contributed by atoms with Crippen molar-refractivity contribution in [2.45, 2.75) is 51.5 Å². The predicted octanol–water partition coefficient (Wildman–Crippen LogP) is 3.24. The molecule has 0 saturated heterocycles. The Labute approximate surface area is 127 Å². The lowest BCUT2D eigenvalue weighted by molar-refractivity contribution is 0.277. The van der Waals surface area contributed by atoms with E-state index in [-0.39, 0.29) is 22.5 Å². The maximum Gasteiger partial charge on any atom is 0.243 e. The van der Waals surface area contributed by atoms with Gasteiger partial charge >= 0.3 is 0 Å². The Hall–Kier alpha value is -1.14. The first-order valence-electron chi connectivity index (χ1n) is 7.30. The quantitative estimate of drug-likeness (QED) is 0.785. The van der Waals surface area contributed by atoms with E-state index in [1.807, 2.05) is 27.7 Å². The van der Waals surface area contributed by atoms with Gasteiger partial charge in [0, 0.05) is 18.3 Å². The van der Waals surface area contributed by atoms with Crippen LogP contribution in [0.4, 0.5) is 10.1 Å². The number of nitrogens with zero attached hydrogens (tertiary/aromatic N) is 1. The van der Waals surface area contributed by atoms with Crippen LogP contribution in [-0.4, -0.2) is 25.3 Å². The molecule has 0 amide bonds. The summed E-state index contributed by atoms with van der Waals surface area (Å²) < 4.78 is 40.6. The lowest BCUT2D eigenvalue weighted by Crippen LogP contribution is -2.42. The number of benzene rings is 1. The number of rotatable bonds is 7. The van der Waals surface area contributed by atoms with Gasteiger partial charge in [-0.1, -0.05) is 27.7 Å². The van der Waals surface area contributed by atoms with E-state index >= 15 is 0 Å². The summed E-state index contributed by atoms with van der Waals surface area (Å²) in [5.74, 6) is -0.450. The molecule has 0 bridgehead atoms. The summed E-state index contributed by atoms with van der Waals surface area (Å²) in [6.45, 7) is 8.24. The van der Waals surface area contributed by atoms with Gasteiger partial charge in [-0.25, -0.2) is 12.8 Å². The molecule has 21 heavy (non-hydrogen) atoms. The van der Waals surface area contributed by atoms with Gasteiger partial charge in [-0.15, -0.1) is 0 Å². The fourth-order valence-electron chi connectivity index (χ4n) is 2.37. The van der Waals surface area contributed by atoms with Crippen molar-refractivity contribution < 1.29 is 12.8 Å². The molecule has 0 fully saturated rings. The van der Waals surface area contributed by atoms with Gasteiger partial charge < -0.3 is 5.73 Å². The molecule has 0 aliphatic rings. The predicted molar refractivity (Wildman–Crippen MR) is 83.9 cm³/mol. The lowest BCUT2D eigenvalue weighted by atomic mass is 10.1. The Balaban J connectivity index is 3.32. The topological polar surface area (TPSA) is 63.4 Å². The number of hydrogen-bond donors (Lipinski definition) is 1. The highest BCUT2D eigenvalue weighted by Gasteiger charge is 2.30. The van der Waals surface area contributed by atoms with Crippen LogP contribution >= 0.6 is 0 Å². The summed E-state index contributed by atoms with van der Waals surface area (Å²) in [4.78, 5) is -0.0763. The van der Waals surface area contributed by atoms with Crippen molar-refractivity contribution in [1.82, 2.24) is 4.31 Å². The largest absolute Gasteiger partial charge is 0.399 e. The molecule has 0 spiro atoms. The summed E-state index contributed by atoms with van der Waals surface area (Å²) in [6.07, 6.45) is 1.43. The van der Waals surface area contributed by atoms with Crippen molar-refractivity contribution in [1.29, 1.82) is 0 Å². The molecule has 0 unspecified atom stereocenters. The molecule has 4 nitrogen and oxygen atoms in total. The van der Waals surface area contributed by atoms with Gasteiger partial charge in [-0.2, -0.15) is 4.31 Å². The Kier molecular flexibility index (Phi) is 6.16. The minimum absolute atomic E-state index is 0.0763. The van der Waals surface area contributed by atoms with Crippen LogP contribution in [0.5, 0.6) is 0 Å². The molecular weight excluding hydrogens is 291 g/mol. The van der Waals surface area contributed by atoms with E-state index in [2.05, 4.69) is 0 Å². The van der Waals surface area contributed by atoms with Crippen LogP contribution in [0.2, 0.25) is 0 Å². The minimum atomic E-state index is -3.75. The zero-order chi connectivity index (χ0) is 16.2. The van der Waals surface area contributed by atoms with E-state index in [0.717, 1.165) is 12.1 Å². The van der Waals surface area contributed by atoms with Crippen molar-refractivity contribution in [3.8, 4) is 0 Å². The first-order chi connectivity index (χ1) is 9.72. The van der Waals surface area contributed by atoms with Crippen LogP contribution in [0.15, 0.2) is 23.1 Å². The second kappa shape index (κ2) is 7.22. The molecule has 0 radical (unpaired) electrons. The molecule has 0 aliphatic carbocycles. The van der Waals surface area contributed by atoms with E-state index in [0.29, 0.717) is 19.4 Å². The normalized spacial score (nSPS) is 12.6. The van der Waals surface area contributed by atoms with Gasteiger partial charge in [-0.05, 0) is 37.0 Å². The summed E-state index contributed by atoms with van der Waals surface area (Å²) in [6, 6.07) is 3.36. The highest BCUT2D eigenvalue weighted by Crippen LogP contribution is 2.25. The number of sulfonamides is 1. The average Bonchev–Trinajstić information content (AvgIpc) is 2.37. The molecule has 0 aromatic heterocycles. The van der Waals surface area contributed by atoms with Gasteiger partial charge in [0.05, 0.1) is 4.90 Å². The number of nitrogen functional groups attached to an aromatic ring is 1. The zero-order valence-corrected chi connectivity index (χ0v) is 14.0. The van der Waals surface area contributed by atoms with Crippen LogP contribution < -0.4 is 5.73 Å². The third-order valence-corrected chi connectivity index (χ3v) is 5.29. The van der Waals surface area contributed by atoms with Crippen molar-refractivity contribution in [3.63, 3.8) is 0 Å². The van der Waals surface area contributed by atoms with Gasteiger partial charge in [0.1, 0.15) is 5.82 Å². The monoisotopic (exact) mass is 316 g/mol. The molecule has 1 aromatic carbocycles. The van der Waals surface area contributed by atoms with Crippen LogP contribution in [0, 0.1) is 11.7 Å². The first kappa shape index (κ1) is 17.9. The van der Waals surface area contributed by atoms with E-state index in [4.69, 9.17) is 5.73 Å². The third kappa shape index (κ3) is 4.41. The number of nitrogens with two attached hydrogens (primary N) is 1. The van der Waals surface area contributed by atoms with Crippen LogP contribution in [0.25, 0.3) is 0 Å². The molecule has 120 valence electrons. The fourth-order valence-corrected chi connectivity index (χ4v) is 4.37. The molecule has 1 aromatic rings. The Morgan fingerprint density at radius 1 is 1.19 bits per heavy atom. The van der Waals surface area contributed by atoms with E-state index in [9.17, 15) is 12.8 Å². The standard InChI is InChI=1S/C15H25FN2O2S/c1-5-14(6-2)18(10-11(3)4)21(19,20)15-8-12(16)7-13(17)9-15/h7-9,11,14H,5-6,10,17H2,1-4H3. The van der Waals surface area contributed by atoms with Crippen molar-refractivity contribution in [3.05, 3.63) is 24.0 Å². The molecule has 0 saturated carbocycles. The molecule has 1 rings (SSSR count). The molecule has 2 N–H and O–H groups in total. The third-order valence-electron chi connectivity index (χ3n) is 3.40. The molecule has 0 heterocycles. The maximum absolute atomic E-state index is 13.5. The second-order valence-corrected chi connectivity index (χ2v) is 7.55. The highest BCUT2D eigenvalue weighted by atomic mass is 32.2. The first-order valence-corrected chi connectivity index (χ1v) is 8.74. The molecule has 0 aliphatic heterocycles. The van der Waals surface area contributed by atoms with Gasteiger partial charge in [0.2, 0.25) is 10.0 Å². The number of hydrogen-bond acceptors (Lipinski definition) is 3. The van der Waals surface area contributed by atoms with E-state index in [1.54, 1.807) is 0 Å². The highest BCUT2D eigenvalue weighted by molar-refractivity contribution is 7.89. The maximum atomic E-state index is 13.5. The summed E-state index contributed by atoms with van der Waals surface area (Å²) in [7, 11) is -3.75. The van der Waals surface area contributed by atoms with Crippen LogP contribution in [-0.2, 0) is 10.0 Å². The van der Waals surface area contributed by atoms with Crippen molar-refractivity contribution in [2.75, 3.05) is 12.3 Å². The van der Waals surface area contributed by atoms with Crippen molar-refractivity contribution >= 4 is 15.7 Å². The Morgan fingerprint density at radius 2 is 1.76 bits per heavy atom. The smallest absolute Gasteiger partial charge is 0.243 e. The Bertz CT molecular complexity index is 549. The van der Waals surface area contributed by atoms with Gasteiger partial charge in [0.25, 0.3) is 0 Å². The molecular formula is C15H25FN2O2S. The van der Waals surface area contributed by atoms with Gasteiger partial charge in [0.15, 0.2) is 0 Å². The zero-order valence-electron chi connectivity index (χ0n) is 13.1. The summed E-state index contributed by atoms with van der Waals surface area (Å²) in [5.41, 5.74) is 5.69. The summed E-state index contributed by atoms with van der Waals surface area (Å²) >= 11 is 0. The van der Waals surface area contributed by atoms with E-state index in [1.165, 1.54) is 10.4 Å². The van der Waals surface area contributed by atoms with E-state index < -0.39 is 15.8 Å².